The molecule has 1 heterocycles. The molecule has 1 aliphatic rings. The Balaban J connectivity index is 1.65. The zero-order valence-corrected chi connectivity index (χ0v) is 12.6. The molecule has 21 heavy (non-hydrogen) atoms. The number of hydrogen-bond acceptors (Lipinski definition) is 3. The first-order chi connectivity index (χ1) is 10.1. The summed E-state index contributed by atoms with van der Waals surface area (Å²) in [7, 11) is 0. The molecular formula is C18H24O3. The quantitative estimate of drug-likeness (QED) is 0.561. The lowest BCUT2D eigenvalue weighted by Gasteiger charge is -2.08. The Labute approximate surface area is 126 Å². The molecule has 1 aliphatic heterocycles. The average Bonchev–Trinajstić information content (AvgIpc) is 3.27. The molecule has 2 atom stereocenters. The smallest absolute Gasteiger partial charge is 0.135 e. The van der Waals surface area contributed by atoms with Crippen LogP contribution in [-0.4, -0.2) is 29.7 Å². The van der Waals surface area contributed by atoms with E-state index in [1.54, 1.807) is 0 Å². The summed E-state index contributed by atoms with van der Waals surface area (Å²) in [5, 5.41) is 9.73. The van der Waals surface area contributed by atoms with Crippen LogP contribution in [0.3, 0.4) is 0 Å². The van der Waals surface area contributed by atoms with Crippen molar-refractivity contribution in [3.05, 3.63) is 47.5 Å². The summed E-state index contributed by atoms with van der Waals surface area (Å²) in [5.41, 5.74) is 2.51. The molecular weight excluding hydrogens is 264 g/mol. The van der Waals surface area contributed by atoms with Crippen LogP contribution in [0.1, 0.15) is 38.2 Å². The Hall–Kier alpha value is -1.45. The highest BCUT2D eigenvalue weighted by Crippen LogP contribution is 2.18. The Morgan fingerprint density at radius 3 is 2.76 bits per heavy atom. The van der Waals surface area contributed by atoms with Gasteiger partial charge in [-0.05, 0) is 25.3 Å². The maximum atomic E-state index is 11.8. The summed E-state index contributed by atoms with van der Waals surface area (Å²) in [6.07, 6.45) is 4.86. The Bertz CT molecular complexity index is 474. The van der Waals surface area contributed by atoms with Crippen molar-refractivity contribution in [1.29, 1.82) is 0 Å². The number of carbonyl (C=O) groups excluding carboxylic acids is 1. The number of benzene rings is 1. The van der Waals surface area contributed by atoms with Gasteiger partial charge >= 0.3 is 0 Å². The molecule has 1 saturated heterocycles. The molecule has 0 bridgehead atoms. The minimum atomic E-state index is -0.543. The molecule has 0 radical (unpaired) electrons. The lowest BCUT2D eigenvalue weighted by atomic mass is 10.0. The van der Waals surface area contributed by atoms with Crippen LogP contribution < -0.4 is 0 Å². The molecule has 0 aliphatic carbocycles. The van der Waals surface area contributed by atoms with Crippen molar-refractivity contribution >= 4 is 5.78 Å². The summed E-state index contributed by atoms with van der Waals surface area (Å²) < 4.78 is 5.05. The van der Waals surface area contributed by atoms with Gasteiger partial charge in [-0.1, -0.05) is 42.0 Å². The molecule has 1 fully saturated rings. The van der Waals surface area contributed by atoms with Crippen molar-refractivity contribution in [3.63, 3.8) is 0 Å². The number of epoxide rings is 1. The molecule has 0 amide bonds. The minimum absolute atomic E-state index is 0.135. The number of rotatable bonds is 9. The molecule has 3 nitrogen and oxygen atoms in total. The van der Waals surface area contributed by atoms with Crippen LogP contribution in [0.2, 0.25) is 0 Å². The van der Waals surface area contributed by atoms with E-state index in [2.05, 4.69) is 25.1 Å². The van der Waals surface area contributed by atoms with E-state index in [9.17, 15) is 9.90 Å². The van der Waals surface area contributed by atoms with Crippen molar-refractivity contribution in [1.82, 2.24) is 0 Å². The zero-order valence-electron chi connectivity index (χ0n) is 12.6. The molecule has 3 heteroatoms. The van der Waals surface area contributed by atoms with E-state index in [1.807, 2.05) is 18.2 Å². The van der Waals surface area contributed by atoms with Gasteiger partial charge in [-0.3, -0.25) is 4.79 Å². The third kappa shape index (κ3) is 6.69. The lowest BCUT2D eigenvalue weighted by Crippen LogP contribution is -2.15. The van der Waals surface area contributed by atoms with E-state index < -0.39 is 6.10 Å². The molecule has 1 N–H and O–H groups in total. The summed E-state index contributed by atoms with van der Waals surface area (Å²) in [6.45, 7) is 2.79. The van der Waals surface area contributed by atoms with Crippen LogP contribution >= 0.6 is 0 Å². The fourth-order valence-corrected chi connectivity index (χ4v) is 2.30. The standard InChI is InChI=1S/C18H24O3/c1-14(7-9-15-5-3-2-4-6-15)8-10-16(19)11-17(20)12-18-13-21-18/h2-7,17-18,20H,8-13H2,1H3/b14-7+/t17-,18?/m0/s1. The number of aliphatic hydroxyl groups excluding tert-OH is 1. The Kier molecular flexibility index (Phi) is 6.15. The highest BCUT2D eigenvalue weighted by atomic mass is 16.6. The Morgan fingerprint density at radius 1 is 1.38 bits per heavy atom. The van der Waals surface area contributed by atoms with Gasteiger partial charge in [-0.15, -0.1) is 0 Å². The topological polar surface area (TPSA) is 49.8 Å². The van der Waals surface area contributed by atoms with E-state index in [0.29, 0.717) is 12.8 Å². The molecule has 0 spiro atoms. The maximum Gasteiger partial charge on any atom is 0.135 e. The van der Waals surface area contributed by atoms with Crippen molar-refractivity contribution in [2.45, 2.75) is 51.2 Å². The van der Waals surface area contributed by atoms with Gasteiger partial charge in [0.2, 0.25) is 0 Å². The van der Waals surface area contributed by atoms with E-state index in [1.165, 1.54) is 11.1 Å². The maximum absolute atomic E-state index is 11.8. The third-order valence-corrected chi connectivity index (χ3v) is 3.73. The second-order valence-electron chi connectivity index (χ2n) is 5.83. The minimum Gasteiger partial charge on any atom is -0.393 e. The number of Topliss-reactive ketones (excluding diaryl/α,β-unsaturated/α-hetero) is 1. The molecule has 114 valence electrons. The van der Waals surface area contributed by atoms with Gasteiger partial charge in [0.1, 0.15) is 5.78 Å². The molecule has 0 aromatic heterocycles. The van der Waals surface area contributed by atoms with E-state index in [0.717, 1.165) is 19.4 Å². The first kappa shape index (κ1) is 15.9. The van der Waals surface area contributed by atoms with Gasteiger partial charge in [-0.2, -0.15) is 0 Å². The van der Waals surface area contributed by atoms with Crippen LogP contribution in [0.5, 0.6) is 0 Å². The molecule has 2 rings (SSSR count). The third-order valence-electron chi connectivity index (χ3n) is 3.73. The second kappa shape index (κ2) is 8.11. The molecule has 1 aromatic carbocycles. The van der Waals surface area contributed by atoms with Crippen LogP contribution in [0.4, 0.5) is 0 Å². The van der Waals surface area contributed by atoms with Crippen molar-refractivity contribution in [3.8, 4) is 0 Å². The van der Waals surface area contributed by atoms with Crippen molar-refractivity contribution in [2.75, 3.05) is 6.61 Å². The predicted molar refractivity (Wildman–Crippen MR) is 83.1 cm³/mol. The monoisotopic (exact) mass is 288 g/mol. The van der Waals surface area contributed by atoms with Crippen LogP contribution in [0.25, 0.3) is 0 Å². The predicted octanol–water partition coefficient (Wildman–Crippen LogP) is 3.06. The number of hydrogen-bond donors (Lipinski definition) is 1. The van der Waals surface area contributed by atoms with E-state index in [-0.39, 0.29) is 18.3 Å². The van der Waals surface area contributed by atoms with Gasteiger partial charge < -0.3 is 9.84 Å². The lowest BCUT2D eigenvalue weighted by molar-refractivity contribution is -0.121. The summed E-state index contributed by atoms with van der Waals surface area (Å²) in [4.78, 5) is 11.8. The van der Waals surface area contributed by atoms with Crippen molar-refractivity contribution < 1.29 is 14.6 Å². The number of ketones is 1. The molecule has 0 saturated carbocycles. The fraction of sp³-hybridized carbons (Fsp3) is 0.500. The Morgan fingerprint density at radius 2 is 2.10 bits per heavy atom. The first-order valence-electron chi connectivity index (χ1n) is 7.64. The van der Waals surface area contributed by atoms with E-state index >= 15 is 0 Å². The first-order valence-corrected chi connectivity index (χ1v) is 7.64. The van der Waals surface area contributed by atoms with Crippen LogP contribution in [0, 0.1) is 0 Å². The second-order valence-corrected chi connectivity index (χ2v) is 5.83. The van der Waals surface area contributed by atoms with Crippen LogP contribution in [-0.2, 0) is 16.0 Å². The number of carbonyl (C=O) groups is 1. The number of aliphatic hydroxyl groups is 1. The van der Waals surface area contributed by atoms with Crippen molar-refractivity contribution in [2.24, 2.45) is 0 Å². The SMILES string of the molecule is C/C(=C\Cc1ccccc1)CCC(=O)C[C@H](O)CC1CO1. The van der Waals surface area contributed by atoms with Gasteiger partial charge in [0.05, 0.1) is 18.8 Å². The largest absolute Gasteiger partial charge is 0.393 e. The zero-order chi connectivity index (χ0) is 15.1. The normalized spacial score (nSPS) is 19.3. The number of ether oxygens (including phenoxy) is 1. The highest BCUT2D eigenvalue weighted by Gasteiger charge is 2.26. The summed E-state index contributed by atoms with van der Waals surface area (Å²) in [5.74, 6) is 0.135. The highest BCUT2D eigenvalue weighted by molar-refractivity contribution is 5.79. The fourth-order valence-electron chi connectivity index (χ4n) is 2.30. The van der Waals surface area contributed by atoms with Gasteiger partial charge in [0.25, 0.3) is 0 Å². The molecule has 1 unspecified atom stereocenters. The van der Waals surface area contributed by atoms with Gasteiger partial charge in [0.15, 0.2) is 0 Å². The average molecular weight is 288 g/mol. The summed E-state index contributed by atoms with van der Waals surface area (Å²) in [6, 6.07) is 10.3. The summed E-state index contributed by atoms with van der Waals surface area (Å²) >= 11 is 0. The van der Waals surface area contributed by atoms with Gasteiger partial charge in [0, 0.05) is 19.3 Å². The van der Waals surface area contributed by atoms with Crippen LogP contribution in [0.15, 0.2) is 42.0 Å². The van der Waals surface area contributed by atoms with E-state index in [4.69, 9.17) is 4.74 Å². The molecule has 1 aromatic rings. The van der Waals surface area contributed by atoms with Gasteiger partial charge in [-0.25, -0.2) is 0 Å². The number of allylic oxidation sites excluding steroid dienone is 2.